The summed E-state index contributed by atoms with van der Waals surface area (Å²) in [4.78, 5) is 46.0. The zero-order valence-electron chi connectivity index (χ0n) is 11.6. The van der Waals surface area contributed by atoms with Crippen LogP contribution in [0.15, 0.2) is 0 Å². The second-order valence-electron chi connectivity index (χ2n) is 4.73. The lowest BCUT2D eigenvalue weighted by Gasteiger charge is -2.20. The minimum atomic E-state index is -1.30. The number of hydrogen-bond donors (Lipinski definition) is 3. The molecule has 0 spiro atoms. The predicted molar refractivity (Wildman–Crippen MR) is 68.5 cm³/mol. The molecule has 1 saturated heterocycles. The number of esters is 1. The van der Waals surface area contributed by atoms with Crippen LogP contribution < -0.4 is 5.32 Å². The fraction of sp³-hybridized carbons (Fsp3) is 0.667. The zero-order valence-corrected chi connectivity index (χ0v) is 11.6. The van der Waals surface area contributed by atoms with Crippen LogP contribution in [0, 0.1) is 5.92 Å². The largest absolute Gasteiger partial charge is 0.481 e. The zero-order chi connectivity index (χ0) is 16.0. The van der Waals surface area contributed by atoms with Gasteiger partial charge in [0.25, 0.3) is 0 Å². The van der Waals surface area contributed by atoms with E-state index in [0.717, 1.165) is 0 Å². The number of urea groups is 1. The molecule has 1 unspecified atom stereocenters. The number of ether oxygens (including phenoxy) is 1. The van der Waals surface area contributed by atoms with Crippen molar-refractivity contribution in [2.24, 2.45) is 5.92 Å². The summed E-state index contributed by atoms with van der Waals surface area (Å²) in [6.07, 6.45) is -0.111. The average Bonchev–Trinajstić information content (AvgIpc) is 2.91. The van der Waals surface area contributed by atoms with Gasteiger partial charge in [0.05, 0.1) is 13.0 Å². The average molecular weight is 302 g/mol. The molecule has 3 N–H and O–H groups in total. The van der Waals surface area contributed by atoms with E-state index >= 15 is 0 Å². The first-order valence-electron chi connectivity index (χ1n) is 6.43. The Morgan fingerprint density at radius 1 is 1.33 bits per heavy atom. The van der Waals surface area contributed by atoms with E-state index in [1.165, 1.54) is 12.0 Å². The van der Waals surface area contributed by atoms with Crippen molar-refractivity contribution in [2.45, 2.75) is 25.3 Å². The Kier molecular flexibility index (Phi) is 5.94. The topological polar surface area (TPSA) is 133 Å². The van der Waals surface area contributed by atoms with Gasteiger partial charge in [-0.15, -0.1) is 0 Å². The van der Waals surface area contributed by atoms with Crippen molar-refractivity contribution >= 4 is 23.9 Å². The van der Waals surface area contributed by atoms with Gasteiger partial charge in [0, 0.05) is 19.5 Å². The van der Waals surface area contributed by atoms with E-state index in [4.69, 9.17) is 10.2 Å². The number of carbonyl (C=O) groups excluding carboxylic acids is 2. The van der Waals surface area contributed by atoms with Crippen LogP contribution in [-0.4, -0.2) is 65.3 Å². The van der Waals surface area contributed by atoms with Crippen LogP contribution in [0.25, 0.3) is 0 Å². The number of methoxy groups -OCH3 is 1. The molecule has 1 fully saturated rings. The van der Waals surface area contributed by atoms with Crippen molar-refractivity contribution in [3.05, 3.63) is 0 Å². The van der Waals surface area contributed by atoms with E-state index in [0.29, 0.717) is 13.0 Å². The lowest BCUT2D eigenvalue weighted by atomic mass is 10.1. The van der Waals surface area contributed by atoms with Crippen LogP contribution in [0.5, 0.6) is 0 Å². The highest BCUT2D eigenvalue weighted by atomic mass is 16.5. The van der Waals surface area contributed by atoms with Gasteiger partial charge < -0.3 is 25.2 Å². The van der Waals surface area contributed by atoms with Crippen LogP contribution in [0.3, 0.4) is 0 Å². The van der Waals surface area contributed by atoms with Crippen LogP contribution in [0.4, 0.5) is 4.79 Å². The Bertz CT molecular complexity index is 437. The van der Waals surface area contributed by atoms with E-state index in [-0.39, 0.29) is 19.4 Å². The molecule has 2 amide bonds. The summed E-state index contributed by atoms with van der Waals surface area (Å²) in [6, 6.07) is -1.90. The molecule has 9 heteroatoms. The number of nitrogens with one attached hydrogen (secondary N) is 1. The molecule has 118 valence electrons. The van der Waals surface area contributed by atoms with Gasteiger partial charge in [0.1, 0.15) is 6.04 Å². The monoisotopic (exact) mass is 302 g/mol. The molecular weight excluding hydrogens is 284 g/mol. The van der Waals surface area contributed by atoms with E-state index in [2.05, 4.69) is 10.1 Å². The van der Waals surface area contributed by atoms with Gasteiger partial charge in [-0.05, 0) is 12.8 Å². The first-order chi connectivity index (χ1) is 9.85. The molecule has 1 rings (SSSR count). The summed E-state index contributed by atoms with van der Waals surface area (Å²) in [5.74, 6) is -3.26. The molecule has 9 nitrogen and oxygen atoms in total. The molecule has 1 heterocycles. The SMILES string of the molecule is COC(=O)C1CCN(C(=O)N[C@@H](CCC(=O)O)C(=O)O)C1. The van der Waals surface area contributed by atoms with Gasteiger partial charge in [-0.25, -0.2) is 9.59 Å². The molecule has 0 aromatic rings. The molecule has 1 aliphatic rings. The number of carboxylic acid groups (broad SMARTS) is 2. The highest BCUT2D eigenvalue weighted by molar-refractivity contribution is 5.84. The van der Waals surface area contributed by atoms with Crippen LogP contribution in [0.2, 0.25) is 0 Å². The molecule has 0 aromatic heterocycles. The van der Waals surface area contributed by atoms with E-state index in [1.54, 1.807) is 0 Å². The Morgan fingerprint density at radius 2 is 2.00 bits per heavy atom. The van der Waals surface area contributed by atoms with Crippen LogP contribution >= 0.6 is 0 Å². The van der Waals surface area contributed by atoms with Crippen molar-refractivity contribution in [2.75, 3.05) is 20.2 Å². The number of carbonyl (C=O) groups is 4. The van der Waals surface area contributed by atoms with E-state index in [1.807, 2.05) is 0 Å². The van der Waals surface area contributed by atoms with Crippen molar-refractivity contribution in [3.8, 4) is 0 Å². The predicted octanol–water partition coefficient (Wildman–Crippen LogP) is -0.491. The van der Waals surface area contributed by atoms with Crippen molar-refractivity contribution < 1.29 is 34.1 Å². The molecule has 2 atom stereocenters. The summed E-state index contributed by atoms with van der Waals surface area (Å²) in [5.41, 5.74) is 0. The molecule has 0 aliphatic carbocycles. The summed E-state index contributed by atoms with van der Waals surface area (Å²) in [5, 5.41) is 19.8. The van der Waals surface area contributed by atoms with E-state index in [9.17, 15) is 19.2 Å². The van der Waals surface area contributed by atoms with Crippen molar-refractivity contribution in [1.29, 1.82) is 0 Å². The molecule has 0 radical (unpaired) electrons. The van der Waals surface area contributed by atoms with Crippen LogP contribution in [0.1, 0.15) is 19.3 Å². The van der Waals surface area contributed by atoms with Gasteiger partial charge in [-0.2, -0.15) is 0 Å². The highest BCUT2D eigenvalue weighted by Gasteiger charge is 2.33. The summed E-state index contributed by atoms with van der Waals surface area (Å²) < 4.78 is 4.59. The Morgan fingerprint density at radius 3 is 2.52 bits per heavy atom. The lowest BCUT2D eigenvalue weighted by Crippen LogP contribution is -2.47. The fourth-order valence-corrected chi connectivity index (χ4v) is 2.07. The highest BCUT2D eigenvalue weighted by Crippen LogP contribution is 2.17. The van der Waals surface area contributed by atoms with Crippen LogP contribution in [-0.2, 0) is 19.1 Å². The second-order valence-corrected chi connectivity index (χ2v) is 4.73. The molecule has 0 aromatic carbocycles. The molecule has 1 aliphatic heterocycles. The molecule has 0 saturated carbocycles. The maximum absolute atomic E-state index is 11.9. The summed E-state index contributed by atoms with van der Waals surface area (Å²) in [6.45, 7) is 0.473. The first kappa shape index (κ1) is 16.7. The Balaban J connectivity index is 2.52. The second kappa shape index (κ2) is 7.46. The smallest absolute Gasteiger partial charge is 0.326 e. The number of aliphatic carboxylic acids is 2. The Labute approximate surface area is 120 Å². The normalized spacial score (nSPS) is 18.9. The quantitative estimate of drug-likeness (QED) is 0.564. The number of amides is 2. The lowest BCUT2D eigenvalue weighted by molar-refractivity contribution is -0.145. The van der Waals surface area contributed by atoms with Gasteiger partial charge in [-0.3, -0.25) is 9.59 Å². The fourth-order valence-electron chi connectivity index (χ4n) is 2.07. The summed E-state index contributed by atoms with van der Waals surface area (Å²) in [7, 11) is 1.26. The number of nitrogens with zero attached hydrogens (tertiary/aromatic N) is 1. The number of likely N-dealkylation sites (tertiary alicyclic amines) is 1. The third-order valence-electron chi connectivity index (χ3n) is 3.25. The van der Waals surface area contributed by atoms with Gasteiger partial charge in [-0.1, -0.05) is 0 Å². The molecule has 21 heavy (non-hydrogen) atoms. The minimum absolute atomic E-state index is 0.157. The molecular formula is C12H18N2O7. The van der Waals surface area contributed by atoms with Gasteiger partial charge >= 0.3 is 23.9 Å². The summed E-state index contributed by atoms with van der Waals surface area (Å²) >= 11 is 0. The maximum Gasteiger partial charge on any atom is 0.326 e. The van der Waals surface area contributed by atoms with Gasteiger partial charge in [0.15, 0.2) is 0 Å². The molecule has 0 bridgehead atoms. The Hall–Kier alpha value is -2.32. The third-order valence-corrected chi connectivity index (χ3v) is 3.25. The number of hydrogen-bond acceptors (Lipinski definition) is 5. The maximum atomic E-state index is 11.9. The van der Waals surface area contributed by atoms with Crippen molar-refractivity contribution in [1.82, 2.24) is 10.2 Å². The number of rotatable bonds is 6. The minimum Gasteiger partial charge on any atom is -0.481 e. The van der Waals surface area contributed by atoms with E-state index < -0.39 is 35.9 Å². The standard InChI is InChI=1S/C12H18N2O7/c1-21-11(19)7-4-5-14(6-7)12(20)13-8(10(17)18)2-3-9(15)16/h7-8H,2-6H2,1H3,(H,13,20)(H,15,16)(H,17,18)/t7?,8-/m0/s1. The van der Waals surface area contributed by atoms with Gasteiger partial charge in [0.2, 0.25) is 0 Å². The third kappa shape index (κ3) is 4.93. The van der Waals surface area contributed by atoms with Crippen molar-refractivity contribution in [3.63, 3.8) is 0 Å². The first-order valence-corrected chi connectivity index (χ1v) is 6.43. The number of carboxylic acids is 2.